The molecule has 0 saturated carbocycles. The molecule has 0 aliphatic heterocycles. The lowest BCUT2D eigenvalue weighted by atomic mass is 9.86. The largest absolute Gasteiger partial charge is 0.478 e. The first-order valence-electron chi connectivity index (χ1n) is 7.61. The number of halogens is 2. The number of rotatable bonds is 5. The predicted octanol–water partition coefficient (Wildman–Crippen LogP) is 5.37. The minimum atomic E-state index is -1.03. The van der Waals surface area contributed by atoms with E-state index in [1.807, 2.05) is 18.2 Å². The average molecular weight is 367 g/mol. The molecular weight excluding hydrogens is 347 g/mol. The number of carbonyl (C=O) groups is 1. The zero-order valence-electron chi connectivity index (χ0n) is 13.8. The molecule has 2 aromatic carbocycles. The summed E-state index contributed by atoms with van der Waals surface area (Å²) >= 11 is 12.0. The molecule has 0 radical (unpaired) electrons. The van der Waals surface area contributed by atoms with E-state index in [0.29, 0.717) is 21.4 Å². The maximum Gasteiger partial charge on any atom is 0.345 e. The lowest BCUT2D eigenvalue weighted by Crippen LogP contribution is -2.30. The molecule has 0 aliphatic rings. The van der Waals surface area contributed by atoms with Crippen molar-refractivity contribution in [1.82, 2.24) is 0 Å². The fourth-order valence-electron chi connectivity index (χ4n) is 2.46. The second kappa shape index (κ2) is 7.45. The van der Waals surface area contributed by atoms with Crippen LogP contribution in [0.15, 0.2) is 42.5 Å². The molecule has 128 valence electrons. The van der Waals surface area contributed by atoms with Gasteiger partial charge in [0.25, 0.3) is 0 Å². The Hall–Kier alpha value is -1.71. The molecule has 2 aromatic rings. The van der Waals surface area contributed by atoms with Gasteiger partial charge in [-0.1, -0.05) is 62.2 Å². The molecule has 2 rings (SSSR count). The Morgan fingerprint density at radius 1 is 1.12 bits per heavy atom. The van der Waals surface area contributed by atoms with Crippen LogP contribution >= 0.6 is 23.2 Å². The Morgan fingerprint density at radius 3 is 2.25 bits per heavy atom. The van der Waals surface area contributed by atoms with E-state index in [-0.39, 0.29) is 11.8 Å². The van der Waals surface area contributed by atoms with Gasteiger partial charge in [0.05, 0.1) is 0 Å². The second-order valence-corrected chi connectivity index (χ2v) is 7.55. The van der Waals surface area contributed by atoms with E-state index in [2.05, 4.69) is 20.8 Å². The monoisotopic (exact) mass is 366 g/mol. The van der Waals surface area contributed by atoms with E-state index >= 15 is 0 Å². The number of aliphatic carboxylic acids is 1. The molecule has 0 heterocycles. The fourth-order valence-corrected chi connectivity index (χ4v) is 3.04. The topological polar surface area (TPSA) is 46.5 Å². The standard InChI is InChI=1S/C19H20Cl2O3/c1-19(2,3)15-6-4-5-7-16(15)24-17(18(22)23)10-12-8-13(20)11-14(21)9-12/h4-9,11,17H,10H2,1-3H3,(H,22,23)/t17-/m0/s1. The van der Waals surface area contributed by atoms with Crippen LogP contribution in [0.3, 0.4) is 0 Å². The lowest BCUT2D eigenvalue weighted by molar-refractivity contribution is -0.145. The number of hydrogen-bond donors (Lipinski definition) is 1. The highest BCUT2D eigenvalue weighted by molar-refractivity contribution is 6.34. The van der Waals surface area contributed by atoms with Gasteiger partial charge in [0.2, 0.25) is 0 Å². The molecule has 3 nitrogen and oxygen atoms in total. The zero-order valence-corrected chi connectivity index (χ0v) is 15.4. The summed E-state index contributed by atoms with van der Waals surface area (Å²) in [5.74, 6) is -0.458. The van der Waals surface area contributed by atoms with Gasteiger partial charge in [0, 0.05) is 16.5 Å². The fraction of sp³-hybridized carbons (Fsp3) is 0.316. The van der Waals surface area contributed by atoms with Crippen molar-refractivity contribution < 1.29 is 14.6 Å². The molecule has 0 aromatic heterocycles. The highest BCUT2D eigenvalue weighted by Crippen LogP contribution is 2.32. The van der Waals surface area contributed by atoms with Gasteiger partial charge in [-0.15, -0.1) is 0 Å². The van der Waals surface area contributed by atoms with Crippen molar-refractivity contribution in [2.75, 3.05) is 0 Å². The van der Waals surface area contributed by atoms with Gasteiger partial charge >= 0.3 is 5.97 Å². The average Bonchev–Trinajstić information content (AvgIpc) is 2.44. The van der Waals surface area contributed by atoms with Crippen LogP contribution < -0.4 is 4.74 Å². The van der Waals surface area contributed by atoms with Gasteiger partial charge in [-0.2, -0.15) is 0 Å². The first-order valence-corrected chi connectivity index (χ1v) is 8.36. The third-order valence-corrected chi connectivity index (χ3v) is 4.02. The van der Waals surface area contributed by atoms with Crippen LogP contribution in [0.2, 0.25) is 10.0 Å². The molecule has 0 aliphatic carbocycles. The molecule has 0 unspecified atom stereocenters. The molecule has 0 saturated heterocycles. The molecule has 24 heavy (non-hydrogen) atoms. The van der Waals surface area contributed by atoms with Gasteiger partial charge < -0.3 is 9.84 Å². The predicted molar refractivity (Wildman–Crippen MR) is 97.4 cm³/mol. The third kappa shape index (κ3) is 4.89. The third-order valence-electron chi connectivity index (χ3n) is 3.58. The first kappa shape index (κ1) is 18.6. The summed E-state index contributed by atoms with van der Waals surface area (Å²) in [5, 5.41) is 10.5. The summed E-state index contributed by atoms with van der Waals surface area (Å²) in [6.07, 6.45) is -0.850. The molecule has 1 atom stereocenters. The van der Waals surface area contributed by atoms with Crippen LogP contribution in [0, 0.1) is 0 Å². The van der Waals surface area contributed by atoms with Crippen molar-refractivity contribution >= 4 is 29.2 Å². The van der Waals surface area contributed by atoms with Crippen molar-refractivity contribution in [1.29, 1.82) is 0 Å². The summed E-state index contributed by atoms with van der Waals surface area (Å²) in [6.45, 7) is 6.17. The van der Waals surface area contributed by atoms with Crippen LogP contribution in [0.4, 0.5) is 0 Å². The Bertz CT molecular complexity index is 715. The van der Waals surface area contributed by atoms with Crippen LogP contribution in [0.1, 0.15) is 31.9 Å². The minimum Gasteiger partial charge on any atom is -0.478 e. The van der Waals surface area contributed by atoms with Crippen molar-refractivity contribution in [2.45, 2.75) is 38.7 Å². The molecule has 1 N–H and O–H groups in total. The number of carboxylic acids is 1. The number of para-hydroxylation sites is 1. The Balaban J connectivity index is 2.29. The second-order valence-electron chi connectivity index (χ2n) is 6.67. The summed E-state index contributed by atoms with van der Waals surface area (Å²) in [7, 11) is 0. The van der Waals surface area contributed by atoms with Gasteiger partial charge in [-0.25, -0.2) is 4.79 Å². The van der Waals surface area contributed by atoms with E-state index in [0.717, 1.165) is 5.56 Å². The quantitative estimate of drug-likeness (QED) is 0.773. The smallest absolute Gasteiger partial charge is 0.345 e. The molecular formula is C19H20Cl2O3. The summed E-state index contributed by atoms with van der Waals surface area (Å²) < 4.78 is 5.83. The highest BCUT2D eigenvalue weighted by atomic mass is 35.5. The Morgan fingerprint density at radius 2 is 1.71 bits per heavy atom. The number of ether oxygens (including phenoxy) is 1. The summed E-state index contributed by atoms with van der Waals surface area (Å²) in [6, 6.07) is 12.5. The van der Waals surface area contributed by atoms with Gasteiger partial charge in [0.1, 0.15) is 5.75 Å². The summed E-state index contributed by atoms with van der Waals surface area (Å²) in [4.78, 5) is 11.6. The number of carboxylic acid groups (broad SMARTS) is 1. The van der Waals surface area contributed by atoms with Crippen molar-refractivity contribution in [3.05, 3.63) is 63.6 Å². The van der Waals surface area contributed by atoms with Crippen LogP contribution in [-0.2, 0) is 16.6 Å². The normalized spacial score (nSPS) is 12.7. The highest BCUT2D eigenvalue weighted by Gasteiger charge is 2.25. The lowest BCUT2D eigenvalue weighted by Gasteiger charge is -2.25. The van der Waals surface area contributed by atoms with E-state index in [9.17, 15) is 9.90 Å². The number of hydrogen-bond acceptors (Lipinski definition) is 2. The van der Waals surface area contributed by atoms with Gasteiger partial charge in [-0.05, 0) is 40.8 Å². The van der Waals surface area contributed by atoms with Crippen molar-refractivity contribution in [3.63, 3.8) is 0 Å². The van der Waals surface area contributed by atoms with E-state index in [1.54, 1.807) is 24.3 Å². The van der Waals surface area contributed by atoms with E-state index in [1.165, 1.54) is 0 Å². The Kier molecular flexibility index (Phi) is 5.79. The zero-order chi connectivity index (χ0) is 17.9. The van der Waals surface area contributed by atoms with Crippen LogP contribution in [0.25, 0.3) is 0 Å². The molecule has 0 amide bonds. The molecule has 0 fully saturated rings. The van der Waals surface area contributed by atoms with Crippen molar-refractivity contribution in [2.24, 2.45) is 0 Å². The van der Waals surface area contributed by atoms with Crippen molar-refractivity contribution in [3.8, 4) is 5.75 Å². The SMILES string of the molecule is CC(C)(C)c1ccccc1O[C@@H](Cc1cc(Cl)cc(Cl)c1)C(=O)O. The molecule has 0 spiro atoms. The van der Waals surface area contributed by atoms with Crippen LogP contribution in [0.5, 0.6) is 5.75 Å². The maximum absolute atomic E-state index is 11.6. The minimum absolute atomic E-state index is 0.154. The van der Waals surface area contributed by atoms with Gasteiger partial charge in [0.15, 0.2) is 6.10 Å². The van der Waals surface area contributed by atoms with E-state index in [4.69, 9.17) is 27.9 Å². The molecule has 5 heteroatoms. The Labute approximate surface area is 152 Å². The number of benzene rings is 2. The first-order chi connectivity index (χ1) is 11.2. The van der Waals surface area contributed by atoms with E-state index < -0.39 is 12.1 Å². The summed E-state index contributed by atoms with van der Waals surface area (Å²) in [5.41, 5.74) is 1.52. The maximum atomic E-state index is 11.6. The van der Waals surface area contributed by atoms with Crippen LogP contribution in [-0.4, -0.2) is 17.2 Å². The molecule has 0 bridgehead atoms. The van der Waals surface area contributed by atoms with Gasteiger partial charge in [-0.3, -0.25) is 0 Å².